The normalized spacial score (nSPS) is 10.6. The summed E-state index contributed by atoms with van der Waals surface area (Å²) in [7, 11) is 2.84. The molecule has 4 aromatic rings. The first kappa shape index (κ1) is 16.6. The molecule has 4 heterocycles. The molecule has 0 spiro atoms. The number of aromatic nitrogens is 6. The van der Waals surface area contributed by atoms with Crippen LogP contribution in [-0.4, -0.2) is 29.9 Å². The van der Waals surface area contributed by atoms with Crippen LogP contribution in [0, 0.1) is 0 Å². The van der Waals surface area contributed by atoms with Gasteiger partial charge >= 0.3 is 0 Å². The minimum absolute atomic E-state index is 0.645. The van der Waals surface area contributed by atoms with Crippen LogP contribution in [-0.2, 0) is 0 Å². The average molecular weight is 376 g/mol. The van der Waals surface area contributed by atoms with Crippen molar-refractivity contribution < 1.29 is 0 Å². The zero-order valence-electron chi connectivity index (χ0n) is 13.4. The van der Waals surface area contributed by atoms with Crippen molar-refractivity contribution in [2.75, 3.05) is 0 Å². The Hall–Kier alpha value is -2.84. The lowest BCUT2D eigenvalue weighted by Gasteiger charge is -2.04. The van der Waals surface area contributed by atoms with E-state index >= 15 is 0 Å². The average Bonchev–Trinajstić information content (AvgIpc) is 2.74. The Morgan fingerprint density at radius 3 is 1.50 bits per heavy atom. The fourth-order valence-corrected chi connectivity index (χ4v) is 3.74. The van der Waals surface area contributed by atoms with Crippen LogP contribution in [0.25, 0.3) is 22.5 Å². The van der Waals surface area contributed by atoms with E-state index in [9.17, 15) is 0 Å². The van der Waals surface area contributed by atoms with Crippen molar-refractivity contribution >= 4 is 21.6 Å². The monoisotopic (exact) mass is 376 g/mol. The topological polar surface area (TPSA) is 77.3 Å². The Labute approximate surface area is 158 Å². The van der Waals surface area contributed by atoms with Gasteiger partial charge in [0.2, 0.25) is 0 Å². The van der Waals surface area contributed by atoms with Gasteiger partial charge in [-0.2, -0.15) is 0 Å². The van der Waals surface area contributed by atoms with Crippen LogP contribution in [0.3, 0.4) is 0 Å². The second-order valence-corrected chi connectivity index (χ2v) is 7.16. The fourth-order valence-electron chi connectivity index (χ4n) is 2.19. The number of hydrogen-bond acceptors (Lipinski definition) is 8. The molecule has 0 N–H and O–H groups in total. The van der Waals surface area contributed by atoms with Gasteiger partial charge in [-0.15, -0.1) is 0 Å². The maximum atomic E-state index is 4.56. The Morgan fingerprint density at radius 1 is 0.577 bits per heavy atom. The van der Waals surface area contributed by atoms with E-state index in [1.807, 2.05) is 36.4 Å². The Morgan fingerprint density at radius 2 is 1.08 bits per heavy atom. The Bertz CT molecular complexity index is 915. The van der Waals surface area contributed by atoms with Crippen LogP contribution in [0.1, 0.15) is 0 Å². The lowest BCUT2D eigenvalue weighted by molar-refractivity contribution is 0.971. The zero-order valence-corrected chi connectivity index (χ0v) is 15.1. The van der Waals surface area contributed by atoms with Gasteiger partial charge in [0.05, 0.1) is 11.4 Å². The van der Waals surface area contributed by atoms with Gasteiger partial charge < -0.3 is 0 Å². The highest BCUT2D eigenvalue weighted by atomic mass is 33.1. The molecule has 0 aliphatic rings. The molecule has 0 fully saturated rings. The van der Waals surface area contributed by atoms with Crippen LogP contribution in [0.2, 0.25) is 0 Å². The van der Waals surface area contributed by atoms with Gasteiger partial charge in [-0.1, -0.05) is 0 Å². The maximum absolute atomic E-state index is 4.56. The number of nitrogens with zero attached hydrogens (tertiary/aromatic N) is 6. The van der Waals surface area contributed by atoms with E-state index in [-0.39, 0.29) is 0 Å². The molecule has 0 saturated carbocycles. The first-order valence-corrected chi connectivity index (χ1v) is 9.85. The van der Waals surface area contributed by atoms with Gasteiger partial charge in [0, 0.05) is 48.3 Å². The molecule has 6 nitrogen and oxygen atoms in total. The number of pyridine rings is 2. The first-order chi connectivity index (χ1) is 12.9. The molecule has 4 aromatic heterocycles. The third-order valence-electron chi connectivity index (χ3n) is 3.37. The van der Waals surface area contributed by atoms with Crippen LogP contribution in [0.5, 0.6) is 0 Å². The van der Waals surface area contributed by atoms with Crippen molar-refractivity contribution in [2.24, 2.45) is 0 Å². The molecule has 0 aliphatic heterocycles. The van der Waals surface area contributed by atoms with Crippen LogP contribution in [0.4, 0.5) is 0 Å². The van der Waals surface area contributed by atoms with Crippen molar-refractivity contribution in [2.45, 2.75) is 10.3 Å². The van der Waals surface area contributed by atoms with Gasteiger partial charge in [0.15, 0.2) is 10.3 Å². The van der Waals surface area contributed by atoms with E-state index in [2.05, 4.69) is 29.9 Å². The van der Waals surface area contributed by atoms with E-state index in [1.54, 1.807) is 37.2 Å². The third kappa shape index (κ3) is 4.04. The quantitative estimate of drug-likeness (QED) is 0.379. The van der Waals surface area contributed by atoms with Gasteiger partial charge in [0.1, 0.15) is 0 Å². The molecule has 8 heteroatoms. The lowest BCUT2D eigenvalue weighted by atomic mass is 10.2. The smallest absolute Gasteiger partial charge is 0.199 e. The zero-order chi connectivity index (χ0) is 17.6. The van der Waals surface area contributed by atoms with E-state index in [0.29, 0.717) is 10.3 Å². The van der Waals surface area contributed by atoms with E-state index in [4.69, 9.17) is 0 Å². The highest BCUT2D eigenvalue weighted by Gasteiger charge is 2.07. The largest absolute Gasteiger partial charge is 0.264 e. The summed E-state index contributed by atoms with van der Waals surface area (Å²) in [4.78, 5) is 26.0. The van der Waals surface area contributed by atoms with Gasteiger partial charge in [-0.25, -0.2) is 19.9 Å². The lowest BCUT2D eigenvalue weighted by Crippen LogP contribution is -1.91. The molecular weight excluding hydrogens is 364 g/mol. The van der Waals surface area contributed by atoms with Crippen LogP contribution < -0.4 is 0 Å². The minimum Gasteiger partial charge on any atom is -0.264 e. The highest BCUT2D eigenvalue weighted by Crippen LogP contribution is 2.34. The van der Waals surface area contributed by atoms with Crippen molar-refractivity contribution in [3.63, 3.8) is 0 Å². The SMILES string of the molecule is c1cncc(-c2ccnc(SSc3nccc(-c4cccnc4)n3)n2)c1. The van der Waals surface area contributed by atoms with E-state index in [0.717, 1.165) is 22.5 Å². The summed E-state index contributed by atoms with van der Waals surface area (Å²) in [5.74, 6) is 0. The molecule has 0 atom stereocenters. The molecule has 126 valence electrons. The first-order valence-electron chi connectivity index (χ1n) is 7.70. The molecule has 0 aromatic carbocycles. The third-order valence-corrected chi connectivity index (χ3v) is 5.29. The summed E-state index contributed by atoms with van der Waals surface area (Å²) in [6.45, 7) is 0. The summed E-state index contributed by atoms with van der Waals surface area (Å²) in [6, 6.07) is 11.4. The molecule has 4 rings (SSSR count). The van der Waals surface area contributed by atoms with Crippen LogP contribution in [0.15, 0.2) is 83.9 Å². The second kappa shape index (κ2) is 8.03. The summed E-state index contributed by atoms with van der Waals surface area (Å²) < 4.78 is 0. The second-order valence-electron chi connectivity index (χ2n) is 5.10. The molecular formula is C18H12N6S2. The van der Waals surface area contributed by atoms with Crippen molar-refractivity contribution in [3.8, 4) is 22.5 Å². The van der Waals surface area contributed by atoms with Gasteiger partial charge in [-0.3, -0.25) is 9.97 Å². The molecule has 0 aliphatic carbocycles. The van der Waals surface area contributed by atoms with E-state index < -0.39 is 0 Å². The van der Waals surface area contributed by atoms with Crippen LogP contribution >= 0.6 is 21.6 Å². The van der Waals surface area contributed by atoms with Gasteiger partial charge in [0.25, 0.3) is 0 Å². The molecule has 0 amide bonds. The van der Waals surface area contributed by atoms with Gasteiger partial charge in [-0.05, 0) is 58.0 Å². The van der Waals surface area contributed by atoms with E-state index in [1.165, 1.54) is 21.6 Å². The van der Waals surface area contributed by atoms with Crippen molar-refractivity contribution in [1.29, 1.82) is 0 Å². The molecule has 0 unspecified atom stereocenters. The molecule has 0 radical (unpaired) electrons. The minimum atomic E-state index is 0.645. The molecule has 0 bridgehead atoms. The Kier molecular flexibility index (Phi) is 5.13. The number of rotatable bonds is 5. The maximum Gasteiger partial charge on any atom is 0.199 e. The predicted octanol–water partition coefficient (Wildman–Crippen LogP) is 4.19. The number of hydrogen-bond donors (Lipinski definition) is 0. The fraction of sp³-hybridized carbons (Fsp3) is 0. The highest BCUT2D eigenvalue weighted by molar-refractivity contribution is 8.76. The van der Waals surface area contributed by atoms with Crippen molar-refractivity contribution in [1.82, 2.24) is 29.9 Å². The standard InChI is InChI=1S/C18H12N6S2/c1-3-13(11-19-7-1)15-5-9-21-17(23-15)25-26-18-22-10-6-16(24-18)14-4-2-8-20-12-14/h1-12H. The summed E-state index contributed by atoms with van der Waals surface area (Å²) in [6.07, 6.45) is 10.5. The Balaban J connectivity index is 1.50. The summed E-state index contributed by atoms with van der Waals surface area (Å²) in [5.41, 5.74) is 3.58. The summed E-state index contributed by atoms with van der Waals surface area (Å²) >= 11 is 0. The predicted molar refractivity (Wildman–Crippen MR) is 102 cm³/mol. The summed E-state index contributed by atoms with van der Waals surface area (Å²) in [5, 5.41) is 1.29. The molecule has 0 saturated heterocycles. The molecule has 26 heavy (non-hydrogen) atoms. The van der Waals surface area contributed by atoms with Crippen molar-refractivity contribution in [3.05, 3.63) is 73.6 Å².